The Morgan fingerprint density at radius 2 is 2.05 bits per heavy atom. The second kappa shape index (κ2) is 8.48. The highest BCUT2D eigenvalue weighted by atomic mass is 79.9. The van der Waals surface area contributed by atoms with Crippen LogP contribution in [-0.4, -0.2) is 24.9 Å². The molecule has 0 saturated carbocycles. The minimum atomic E-state index is -0.420. The fourth-order valence-corrected chi connectivity index (χ4v) is 1.47. The number of halogens is 1. The van der Waals surface area contributed by atoms with E-state index in [2.05, 4.69) is 21.1 Å². The average Bonchev–Trinajstić information content (AvgIpc) is 2.38. The van der Waals surface area contributed by atoms with E-state index in [1.807, 2.05) is 36.4 Å². The molecule has 1 rings (SSSR count). The third kappa shape index (κ3) is 6.76. The van der Waals surface area contributed by atoms with Gasteiger partial charge in [-0.05, 0) is 37.6 Å². The molecule has 0 unspecified atom stereocenters. The summed E-state index contributed by atoms with van der Waals surface area (Å²) in [5.74, 6) is -0.420. The quantitative estimate of drug-likeness (QED) is 0.457. The van der Waals surface area contributed by atoms with Gasteiger partial charge in [0, 0.05) is 4.47 Å². The maximum Gasteiger partial charge on any atom is 0.347 e. The number of ether oxygens (including phenoxy) is 1. The Balaban J connectivity index is 2.43. The van der Waals surface area contributed by atoms with E-state index in [9.17, 15) is 4.79 Å². The van der Waals surface area contributed by atoms with Crippen LogP contribution >= 0.6 is 15.9 Å². The molecule has 0 aliphatic heterocycles. The van der Waals surface area contributed by atoms with Crippen LogP contribution in [0.1, 0.15) is 19.4 Å². The molecule has 0 bridgehead atoms. The summed E-state index contributed by atoms with van der Waals surface area (Å²) in [7, 11) is 0. The maximum atomic E-state index is 11.0. The molecule has 0 aromatic heterocycles. The van der Waals surface area contributed by atoms with Gasteiger partial charge in [0.25, 0.3) is 0 Å². The van der Waals surface area contributed by atoms with E-state index >= 15 is 0 Å². The Morgan fingerprint density at radius 3 is 2.68 bits per heavy atom. The number of rotatable bonds is 6. The lowest BCUT2D eigenvalue weighted by molar-refractivity contribution is -0.148. The molecule has 1 aromatic rings. The number of carbonyl (C=O) groups excluding carboxylic acids is 1. The molecule has 0 atom stereocenters. The molecule has 0 aliphatic carbocycles. The van der Waals surface area contributed by atoms with Crippen molar-refractivity contribution in [2.45, 2.75) is 13.8 Å². The van der Waals surface area contributed by atoms with Gasteiger partial charge in [-0.15, -0.1) is 0 Å². The van der Waals surface area contributed by atoms with Gasteiger partial charge in [-0.3, -0.25) is 0 Å². The number of oxime groups is 1. The molecule has 0 N–H and O–H groups in total. The van der Waals surface area contributed by atoms with E-state index < -0.39 is 5.97 Å². The molecule has 1 aromatic carbocycles. The van der Waals surface area contributed by atoms with Crippen molar-refractivity contribution in [2.75, 3.05) is 13.2 Å². The Hall–Kier alpha value is -1.62. The molecule has 0 heterocycles. The van der Waals surface area contributed by atoms with E-state index in [4.69, 9.17) is 9.57 Å². The third-order valence-corrected chi connectivity index (χ3v) is 2.61. The molecular weight excluding hydrogens is 310 g/mol. The van der Waals surface area contributed by atoms with Crippen molar-refractivity contribution in [3.05, 3.63) is 40.4 Å². The molecule has 0 spiro atoms. The van der Waals surface area contributed by atoms with Crippen molar-refractivity contribution in [3.8, 4) is 0 Å². The van der Waals surface area contributed by atoms with Gasteiger partial charge in [-0.25, -0.2) is 4.79 Å². The van der Waals surface area contributed by atoms with Crippen LogP contribution in [0.5, 0.6) is 0 Å². The van der Waals surface area contributed by atoms with Gasteiger partial charge >= 0.3 is 5.97 Å². The number of hydrogen-bond acceptors (Lipinski definition) is 4. The molecular formula is C14H16BrNO3. The summed E-state index contributed by atoms with van der Waals surface area (Å²) in [6.45, 7) is 3.71. The third-order valence-electron chi connectivity index (χ3n) is 2.08. The largest absolute Gasteiger partial charge is 0.463 e. The summed E-state index contributed by atoms with van der Waals surface area (Å²) in [6.07, 6.45) is 3.73. The van der Waals surface area contributed by atoms with E-state index in [0.717, 1.165) is 10.0 Å². The Labute approximate surface area is 121 Å². The summed E-state index contributed by atoms with van der Waals surface area (Å²) in [4.78, 5) is 15.9. The first-order chi connectivity index (χ1) is 9.11. The number of esters is 1. The standard InChI is InChI=1S/C14H16BrNO3/c1-3-18-14(17)10-19-16-11(2)4-5-12-6-8-13(15)9-7-12/h4-9H,3,10H2,1-2H3/b5-4+,16-11+. The maximum absolute atomic E-state index is 11.0. The minimum Gasteiger partial charge on any atom is -0.463 e. The second-order valence-corrected chi connectivity index (χ2v) is 4.61. The topological polar surface area (TPSA) is 47.9 Å². The van der Waals surface area contributed by atoms with Gasteiger partial charge in [-0.1, -0.05) is 39.3 Å². The van der Waals surface area contributed by atoms with Crippen molar-refractivity contribution in [2.24, 2.45) is 5.16 Å². The van der Waals surface area contributed by atoms with Crippen molar-refractivity contribution < 1.29 is 14.4 Å². The summed E-state index contributed by atoms with van der Waals surface area (Å²) >= 11 is 3.37. The van der Waals surface area contributed by atoms with Crippen molar-refractivity contribution in [1.82, 2.24) is 0 Å². The number of benzene rings is 1. The number of nitrogens with zero attached hydrogens (tertiary/aromatic N) is 1. The Kier molecular flexibility index (Phi) is 6.89. The van der Waals surface area contributed by atoms with E-state index in [0.29, 0.717) is 12.3 Å². The summed E-state index contributed by atoms with van der Waals surface area (Å²) in [5, 5.41) is 3.80. The van der Waals surface area contributed by atoms with E-state index in [1.54, 1.807) is 13.8 Å². The van der Waals surface area contributed by atoms with Crippen LogP contribution in [0.2, 0.25) is 0 Å². The molecule has 0 aliphatic rings. The first-order valence-electron chi connectivity index (χ1n) is 5.87. The molecule has 4 nitrogen and oxygen atoms in total. The predicted octanol–water partition coefficient (Wildman–Crippen LogP) is 3.42. The smallest absolute Gasteiger partial charge is 0.347 e. The highest BCUT2D eigenvalue weighted by Crippen LogP contribution is 2.11. The van der Waals surface area contributed by atoms with Gasteiger partial charge in [0.05, 0.1) is 12.3 Å². The predicted molar refractivity (Wildman–Crippen MR) is 78.9 cm³/mol. The van der Waals surface area contributed by atoms with Gasteiger partial charge in [0.2, 0.25) is 6.61 Å². The van der Waals surface area contributed by atoms with E-state index in [1.165, 1.54) is 0 Å². The normalized spacial score (nSPS) is 11.6. The SMILES string of the molecule is CCOC(=O)CO/N=C(C)/C=C/c1ccc(Br)cc1. The van der Waals surface area contributed by atoms with Gasteiger partial charge in [0.1, 0.15) is 0 Å². The van der Waals surface area contributed by atoms with Gasteiger partial charge < -0.3 is 9.57 Å². The van der Waals surface area contributed by atoms with Crippen molar-refractivity contribution in [3.63, 3.8) is 0 Å². The van der Waals surface area contributed by atoms with Gasteiger partial charge in [0.15, 0.2) is 0 Å². The number of carbonyl (C=O) groups is 1. The molecule has 102 valence electrons. The van der Waals surface area contributed by atoms with Crippen LogP contribution in [0, 0.1) is 0 Å². The van der Waals surface area contributed by atoms with Crippen LogP contribution in [0.15, 0.2) is 40.0 Å². The zero-order valence-corrected chi connectivity index (χ0v) is 12.5. The highest BCUT2D eigenvalue weighted by Gasteiger charge is 2.00. The number of hydrogen-bond donors (Lipinski definition) is 0. The summed E-state index contributed by atoms with van der Waals surface area (Å²) in [6, 6.07) is 7.88. The molecule has 0 radical (unpaired) electrons. The molecule has 0 fully saturated rings. The van der Waals surface area contributed by atoms with Crippen LogP contribution < -0.4 is 0 Å². The first-order valence-corrected chi connectivity index (χ1v) is 6.67. The lowest BCUT2D eigenvalue weighted by Crippen LogP contribution is -2.10. The fraction of sp³-hybridized carbons (Fsp3) is 0.286. The highest BCUT2D eigenvalue weighted by molar-refractivity contribution is 9.10. The van der Waals surface area contributed by atoms with Crippen molar-refractivity contribution in [1.29, 1.82) is 0 Å². The minimum absolute atomic E-state index is 0.169. The van der Waals surface area contributed by atoms with Crippen molar-refractivity contribution >= 4 is 33.7 Å². The Morgan fingerprint density at radius 1 is 1.37 bits per heavy atom. The van der Waals surface area contributed by atoms with Crippen LogP contribution in [-0.2, 0) is 14.4 Å². The Bertz CT molecular complexity index is 466. The number of allylic oxidation sites excluding steroid dienone is 1. The molecule has 0 amide bonds. The summed E-state index contributed by atoms with van der Waals surface area (Å²) in [5.41, 5.74) is 1.73. The van der Waals surface area contributed by atoms with Crippen LogP contribution in [0.4, 0.5) is 0 Å². The monoisotopic (exact) mass is 325 g/mol. The lowest BCUT2D eigenvalue weighted by Gasteiger charge is -2.00. The fourth-order valence-electron chi connectivity index (χ4n) is 1.21. The zero-order chi connectivity index (χ0) is 14.1. The second-order valence-electron chi connectivity index (χ2n) is 3.70. The molecule has 19 heavy (non-hydrogen) atoms. The molecule has 0 saturated heterocycles. The van der Waals surface area contributed by atoms with Crippen LogP contribution in [0.25, 0.3) is 6.08 Å². The van der Waals surface area contributed by atoms with Gasteiger partial charge in [-0.2, -0.15) is 0 Å². The van der Waals surface area contributed by atoms with Crippen LogP contribution in [0.3, 0.4) is 0 Å². The van der Waals surface area contributed by atoms with E-state index in [-0.39, 0.29) is 6.61 Å². The zero-order valence-electron chi connectivity index (χ0n) is 10.9. The first kappa shape index (κ1) is 15.4. The summed E-state index contributed by atoms with van der Waals surface area (Å²) < 4.78 is 5.74. The molecule has 5 heteroatoms. The lowest BCUT2D eigenvalue weighted by atomic mass is 10.2. The average molecular weight is 326 g/mol.